The number of ether oxygens (including phenoxy) is 1. The molecule has 0 bridgehead atoms. The van der Waals surface area contributed by atoms with E-state index in [0.717, 1.165) is 11.3 Å². The van der Waals surface area contributed by atoms with E-state index < -0.39 is 0 Å². The van der Waals surface area contributed by atoms with Gasteiger partial charge in [-0.25, -0.2) is 0 Å². The Labute approximate surface area is 67.0 Å². The second-order valence-electron chi connectivity index (χ2n) is 2.28. The molecule has 0 atom stereocenters. The summed E-state index contributed by atoms with van der Waals surface area (Å²) in [5, 5.41) is 0. The second kappa shape index (κ2) is 3.98. The fraction of sp³-hybridized carbons (Fsp3) is 0.333. The monoisotopic (exact) mass is 151 g/mol. The summed E-state index contributed by atoms with van der Waals surface area (Å²) in [6, 6.07) is 7.84. The zero-order valence-corrected chi connectivity index (χ0v) is 6.71. The Kier molecular flexibility index (Phi) is 2.93. The molecular weight excluding hydrogens is 138 g/mol. The maximum atomic E-state index is 5.46. The van der Waals surface area contributed by atoms with Crippen molar-refractivity contribution in [3.63, 3.8) is 0 Å². The van der Waals surface area contributed by atoms with Crippen molar-refractivity contribution in [3.05, 3.63) is 29.8 Å². The van der Waals surface area contributed by atoms with Crippen LogP contribution in [0.25, 0.3) is 0 Å². The average Bonchev–Trinajstić information content (AvgIpc) is 2.06. The van der Waals surface area contributed by atoms with Crippen molar-refractivity contribution in [2.75, 3.05) is 6.61 Å². The lowest BCUT2D eigenvalue weighted by Crippen LogP contribution is -1.97. The van der Waals surface area contributed by atoms with Crippen LogP contribution in [0.5, 0.6) is 5.75 Å². The zero-order valence-electron chi connectivity index (χ0n) is 6.71. The lowest BCUT2D eigenvalue weighted by atomic mass is 10.2. The molecule has 0 amide bonds. The summed E-state index contributed by atoms with van der Waals surface area (Å²) in [7, 11) is 0. The summed E-state index contributed by atoms with van der Waals surface area (Å²) in [5.41, 5.74) is 6.57. The molecule has 0 aliphatic heterocycles. The first-order chi connectivity index (χ1) is 5.36. The molecule has 0 fully saturated rings. The molecule has 1 rings (SSSR count). The standard InChI is InChI=1S/C9H13NO/c1-2-11-9-5-3-4-8(6-9)7-10/h3-6H,2,7,10H2,1H3. The van der Waals surface area contributed by atoms with Gasteiger partial charge < -0.3 is 10.5 Å². The molecule has 0 radical (unpaired) electrons. The van der Waals surface area contributed by atoms with E-state index in [9.17, 15) is 0 Å². The third kappa shape index (κ3) is 2.24. The van der Waals surface area contributed by atoms with Crippen LogP contribution < -0.4 is 10.5 Å². The topological polar surface area (TPSA) is 35.2 Å². The molecule has 0 saturated carbocycles. The molecule has 11 heavy (non-hydrogen) atoms. The predicted octanol–water partition coefficient (Wildman–Crippen LogP) is 1.54. The minimum Gasteiger partial charge on any atom is -0.494 e. The molecule has 2 nitrogen and oxygen atoms in total. The summed E-state index contributed by atoms with van der Waals surface area (Å²) >= 11 is 0. The van der Waals surface area contributed by atoms with Gasteiger partial charge in [-0.05, 0) is 24.6 Å². The van der Waals surface area contributed by atoms with Crippen LogP contribution in [0.3, 0.4) is 0 Å². The van der Waals surface area contributed by atoms with E-state index in [2.05, 4.69) is 0 Å². The third-order valence-electron chi connectivity index (χ3n) is 1.45. The van der Waals surface area contributed by atoms with Crippen molar-refractivity contribution in [1.82, 2.24) is 0 Å². The van der Waals surface area contributed by atoms with Gasteiger partial charge in [-0.15, -0.1) is 0 Å². The van der Waals surface area contributed by atoms with Gasteiger partial charge in [0.2, 0.25) is 0 Å². The Morgan fingerprint density at radius 1 is 1.45 bits per heavy atom. The fourth-order valence-corrected chi connectivity index (χ4v) is 0.929. The summed E-state index contributed by atoms with van der Waals surface area (Å²) < 4.78 is 5.29. The van der Waals surface area contributed by atoms with E-state index >= 15 is 0 Å². The molecule has 0 heterocycles. The van der Waals surface area contributed by atoms with E-state index in [0.29, 0.717) is 13.2 Å². The summed E-state index contributed by atoms with van der Waals surface area (Å²) in [6.07, 6.45) is 0. The lowest BCUT2D eigenvalue weighted by Gasteiger charge is -2.03. The SMILES string of the molecule is CCOc1cccc(CN)c1. The van der Waals surface area contributed by atoms with Crippen LogP contribution in [0, 0.1) is 0 Å². The van der Waals surface area contributed by atoms with Crippen LogP contribution in [0.4, 0.5) is 0 Å². The fourth-order valence-electron chi connectivity index (χ4n) is 0.929. The highest BCUT2D eigenvalue weighted by molar-refractivity contribution is 5.28. The van der Waals surface area contributed by atoms with Crippen LogP contribution in [0.1, 0.15) is 12.5 Å². The molecule has 0 saturated heterocycles. The number of hydrogen-bond acceptors (Lipinski definition) is 2. The third-order valence-corrected chi connectivity index (χ3v) is 1.45. The molecule has 0 unspecified atom stereocenters. The molecule has 0 aliphatic carbocycles. The Bertz CT molecular complexity index is 223. The van der Waals surface area contributed by atoms with Gasteiger partial charge in [-0.2, -0.15) is 0 Å². The average molecular weight is 151 g/mol. The Morgan fingerprint density at radius 3 is 2.91 bits per heavy atom. The molecular formula is C9H13NO. The van der Waals surface area contributed by atoms with Gasteiger partial charge in [0.05, 0.1) is 6.61 Å². The number of rotatable bonds is 3. The van der Waals surface area contributed by atoms with Gasteiger partial charge in [-0.3, -0.25) is 0 Å². The Morgan fingerprint density at radius 2 is 2.27 bits per heavy atom. The van der Waals surface area contributed by atoms with Gasteiger partial charge in [0.15, 0.2) is 0 Å². The van der Waals surface area contributed by atoms with Crippen molar-refractivity contribution in [1.29, 1.82) is 0 Å². The van der Waals surface area contributed by atoms with E-state index in [1.165, 1.54) is 0 Å². The first-order valence-electron chi connectivity index (χ1n) is 3.78. The van der Waals surface area contributed by atoms with Crippen LogP contribution >= 0.6 is 0 Å². The maximum absolute atomic E-state index is 5.46. The van der Waals surface area contributed by atoms with Crippen molar-refractivity contribution < 1.29 is 4.74 Å². The Hall–Kier alpha value is -1.02. The first kappa shape index (κ1) is 8.08. The number of nitrogens with two attached hydrogens (primary N) is 1. The van der Waals surface area contributed by atoms with Crippen molar-refractivity contribution in [3.8, 4) is 5.75 Å². The minimum absolute atomic E-state index is 0.570. The number of benzene rings is 1. The minimum atomic E-state index is 0.570. The molecule has 0 aliphatic rings. The summed E-state index contributed by atoms with van der Waals surface area (Å²) in [4.78, 5) is 0. The first-order valence-corrected chi connectivity index (χ1v) is 3.78. The van der Waals surface area contributed by atoms with E-state index in [-0.39, 0.29) is 0 Å². The van der Waals surface area contributed by atoms with E-state index in [1.807, 2.05) is 31.2 Å². The highest BCUT2D eigenvalue weighted by Crippen LogP contribution is 2.12. The predicted molar refractivity (Wildman–Crippen MR) is 45.5 cm³/mol. The van der Waals surface area contributed by atoms with Crippen molar-refractivity contribution in [2.24, 2.45) is 5.73 Å². The molecule has 2 N–H and O–H groups in total. The highest BCUT2D eigenvalue weighted by Gasteiger charge is 1.92. The van der Waals surface area contributed by atoms with Crippen molar-refractivity contribution in [2.45, 2.75) is 13.5 Å². The Balaban J connectivity index is 2.74. The van der Waals surface area contributed by atoms with Gasteiger partial charge in [0.25, 0.3) is 0 Å². The van der Waals surface area contributed by atoms with Crippen molar-refractivity contribution >= 4 is 0 Å². The summed E-state index contributed by atoms with van der Waals surface area (Å²) in [6.45, 7) is 3.24. The molecule has 1 aromatic rings. The van der Waals surface area contributed by atoms with Crippen LogP contribution in [0.2, 0.25) is 0 Å². The smallest absolute Gasteiger partial charge is 0.119 e. The van der Waals surface area contributed by atoms with Gasteiger partial charge in [-0.1, -0.05) is 12.1 Å². The number of hydrogen-bond donors (Lipinski definition) is 1. The molecule has 0 aromatic heterocycles. The molecule has 60 valence electrons. The van der Waals surface area contributed by atoms with Crippen LogP contribution in [-0.2, 0) is 6.54 Å². The quantitative estimate of drug-likeness (QED) is 0.711. The van der Waals surface area contributed by atoms with E-state index in [1.54, 1.807) is 0 Å². The molecule has 0 spiro atoms. The highest BCUT2D eigenvalue weighted by atomic mass is 16.5. The second-order valence-corrected chi connectivity index (χ2v) is 2.28. The van der Waals surface area contributed by atoms with E-state index in [4.69, 9.17) is 10.5 Å². The van der Waals surface area contributed by atoms with Crippen LogP contribution in [0.15, 0.2) is 24.3 Å². The molecule has 1 aromatic carbocycles. The zero-order chi connectivity index (χ0) is 8.10. The lowest BCUT2D eigenvalue weighted by molar-refractivity contribution is 0.340. The van der Waals surface area contributed by atoms with Gasteiger partial charge >= 0.3 is 0 Å². The normalized spacial score (nSPS) is 9.64. The molecule has 2 heteroatoms. The van der Waals surface area contributed by atoms with Gasteiger partial charge in [0.1, 0.15) is 5.75 Å². The largest absolute Gasteiger partial charge is 0.494 e. The maximum Gasteiger partial charge on any atom is 0.119 e. The summed E-state index contributed by atoms with van der Waals surface area (Å²) in [5.74, 6) is 0.899. The van der Waals surface area contributed by atoms with Crippen LogP contribution in [-0.4, -0.2) is 6.61 Å². The van der Waals surface area contributed by atoms with Gasteiger partial charge in [0, 0.05) is 6.54 Å².